The monoisotopic (exact) mass is 247 g/mol. The molecule has 0 saturated carbocycles. The third-order valence-corrected chi connectivity index (χ3v) is 3.58. The maximum absolute atomic E-state index is 4.56. The quantitative estimate of drug-likeness (QED) is 0.831. The lowest BCUT2D eigenvalue weighted by molar-refractivity contribution is 0.644. The second kappa shape index (κ2) is 6.62. The molecular weight excluding hydrogens is 222 g/mol. The molecule has 1 aromatic rings. The second-order valence-corrected chi connectivity index (χ2v) is 5.26. The van der Waals surface area contributed by atoms with Crippen LogP contribution in [0.4, 0.5) is 11.5 Å². The summed E-state index contributed by atoms with van der Waals surface area (Å²) in [5, 5.41) is 3.62. The molecule has 1 aliphatic heterocycles. The third-order valence-electron chi connectivity index (χ3n) is 3.58. The van der Waals surface area contributed by atoms with Crippen LogP contribution >= 0.6 is 0 Å². The number of nitrogens with zero attached hydrogens (tertiary/aromatic N) is 2. The van der Waals surface area contributed by atoms with E-state index < -0.39 is 0 Å². The fraction of sp³-hybridized carbons (Fsp3) is 0.667. The molecule has 2 heterocycles. The normalized spacial score (nSPS) is 16.9. The minimum atomic E-state index is 0.524. The van der Waals surface area contributed by atoms with Crippen molar-refractivity contribution >= 4 is 11.5 Å². The van der Waals surface area contributed by atoms with E-state index >= 15 is 0 Å². The van der Waals surface area contributed by atoms with Crippen LogP contribution in [0.5, 0.6) is 0 Å². The summed E-state index contributed by atoms with van der Waals surface area (Å²) in [5.41, 5.74) is 1.20. The molecule has 0 amide bonds. The van der Waals surface area contributed by atoms with E-state index in [2.05, 4.69) is 35.1 Å². The van der Waals surface area contributed by atoms with Crippen LogP contribution in [0.15, 0.2) is 18.3 Å². The van der Waals surface area contributed by atoms with Gasteiger partial charge in [0.1, 0.15) is 0 Å². The van der Waals surface area contributed by atoms with Crippen molar-refractivity contribution in [3.8, 4) is 0 Å². The minimum Gasteiger partial charge on any atom is -0.380 e. The van der Waals surface area contributed by atoms with Crippen LogP contribution in [0.25, 0.3) is 0 Å². The van der Waals surface area contributed by atoms with Crippen LogP contribution in [-0.2, 0) is 0 Å². The molecule has 18 heavy (non-hydrogen) atoms. The summed E-state index contributed by atoms with van der Waals surface area (Å²) in [7, 11) is 0. The summed E-state index contributed by atoms with van der Waals surface area (Å²) in [6, 6.07) is 4.70. The van der Waals surface area contributed by atoms with Gasteiger partial charge in [-0.25, -0.2) is 4.98 Å². The number of rotatable bonds is 6. The molecule has 0 bridgehead atoms. The van der Waals surface area contributed by atoms with Gasteiger partial charge in [-0.15, -0.1) is 0 Å². The first kappa shape index (κ1) is 13.2. The summed E-state index contributed by atoms with van der Waals surface area (Å²) in [4.78, 5) is 6.96. The van der Waals surface area contributed by atoms with Crippen LogP contribution in [0.1, 0.15) is 46.0 Å². The van der Waals surface area contributed by atoms with Crippen molar-refractivity contribution in [3.05, 3.63) is 18.3 Å². The number of hydrogen-bond donors (Lipinski definition) is 1. The number of nitrogens with one attached hydrogen (secondary N) is 1. The molecule has 1 atom stereocenters. The minimum absolute atomic E-state index is 0.524. The zero-order valence-corrected chi connectivity index (χ0v) is 11.7. The lowest BCUT2D eigenvalue weighted by Gasteiger charge is -2.23. The fourth-order valence-electron chi connectivity index (χ4n) is 2.54. The Labute approximate surface area is 111 Å². The van der Waals surface area contributed by atoms with Gasteiger partial charge in [0, 0.05) is 25.3 Å². The van der Waals surface area contributed by atoms with E-state index in [1.807, 2.05) is 12.3 Å². The number of pyridine rings is 1. The van der Waals surface area contributed by atoms with Crippen molar-refractivity contribution in [1.29, 1.82) is 0 Å². The molecule has 100 valence electrons. The van der Waals surface area contributed by atoms with Crippen LogP contribution in [-0.4, -0.2) is 24.1 Å². The van der Waals surface area contributed by atoms with E-state index in [9.17, 15) is 0 Å². The molecule has 1 N–H and O–H groups in total. The van der Waals surface area contributed by atoms with E-state index in [0.29, 0.717) is 6.04 Å². The first-order chi connectivity index (χ1) is 8.81. The van der Waals surface area contributed by atoms with Gasteiger partial charge < -0.3 is 10.2 Å². The molecule has 0 radical (unpaired) electrons. The van der Waals surface area contributed by atoms with Gasteiger partial charge in [0.05, 0.1) is 5.69 Å². The first-order valence-corrected chi connectivity index (χ1v) is 7.27. The van der Waals surface area contributed by atoms with Gasteiger partial charge in [-0.2, -0.15) is 0 Å². The van der Waals surface area contributed by atoms with Gasteiger partial charge in [0.25, 0.3) is 0 Å². The molecule has 2 rings (SSSR count). The zero-order chi connectivity index (χ0) is 12.8. The standard InChI is InChI=1S/C15H25N3/c1-3-4-8-13(2)17-14-9-7-10-16-15(14)18-11-5-6-12-18/h7,9-10,13,17H,3-6,8,11-12H2,1-2H3. The maximum Gasteiger partial charge on any atom is 0.151 e. The molecule has 3 heteroatoms. The highest BCUT2D eigenvalue weighted by Crippen LogP contribution is 2.27. The van der Waals surface area contributed by atoms with Crippen LogP contribution < -0.4 is 10.2 Å². The van der Waals surface area contributed by atoms with E-state index in [0.717, 1.165) is 18.9 Å². The number of unbranched alkanes of at least 4 members (excludes halogenated alkanes) is 1. The first-order valence-electron chi connectivity index (χ1n) is 7.27. The Morgan fingerprint density at radius 3 is 2.89 bits per heavy atom. The van der Waals surface area contributed by atoms with Gasteiger partial charge in [0.2, 0.25) is 0 Å². The smallest absolute Gasteiger partial charge is 0.151 e. The Morgan fingerprint density at radius 2 is 2.17 bits per heavy atom. The Balaban J connectivity index is 2.02. The van der Waals surface area contributed by atoms with Crippen molar-refractivity contribution in [2.75, 3.05) is 23.3 Å². The Morgan fingerprint density at radius 1 is 1.39 bits per heavy atom. The molecule has 0 aromatic carbocycles. The van der Waals surface area contributed by atoms with Crippen molar-refractivity contribution in [3.63, 3.8) is 0 Å². The van der Waals surface area contributed by atoms with E-state index in [1.165, 1.54) is 37.8 Å². The lowest BCUT2D eigenvalue weighted by Crippen LogP contribution is -2.23. The van der Waals surface area contributed by atoms with Gasteiger partial charge in [-0.1, -0.05) is 19.8 Å². The van der Waals surface area contributed by atoms with Crippen molar-refractivity contribution in [1.82, 2.24) is 4.98 Å². The van der Waals surface area contributed by atoms with Crippen molar-refractivity contribution in [2.45, 2.75) is 52.0 Å². The highest BCUT2D eigenvalue weighted by atomic mass is 15.2. The van der Waals surface area contributed by atoms with Gasteiger partial charge in [-0.3, -0.25) is 0 Å². The van der Waals surface area contributed by atoms with E-state index in [4.69, 9.17) is 0 Å². The van der Waals surface area contributed by atoms with Gasteiger partial charge in [-0.05, 0) is 38.3 Å². The SMILES string of the molecule is CCCCC(C)Nc1cccnc1N1CCCC1. The topological polar surface area (TPSA) is 28.2 Å². The number of anilines is 2. The summed E-state index contributed by atoms with van der Waals surface area (Å²) in [6.07, 6.45) is 8.26. The van der Waals surface area contributed by atoms with Gasteiger partial charge >= 0.3 is 0 Å². The molecule has 0 spiro atoms. The lowest BCUT2D eigenvalue weighted by atomic mass is 10.1. The molecule has 1 unspecified atom stereocenters. The maximum atomic E-state index is 4.56. The number of hydrogen-bond acceptors (Lipinski definition) is 3. The zero-order valence-electron chi connectivity index (χ0n) is 11.7. The average molecular weight is 247 g/mol. The Hall–Kier alpha value is -1.25. The van der Waals surface area contributed by atoms with Crippen LogP contribution in [0, 0.1) is 0 Å². The molecule has 3 nitrogen and oxygen atoms in total. The van der Waals surface area contributed by atoms with Crippen LogP contribution in [0.3, 0.4) is 0 Å². The average Bonchev–Trinajstić information content (AvgIpc) is 2.91. The molecule has 1 aliphatic rings. The Kier molecular flexibility index (Phi) is 4.85. The summed E-state index contributed by atoms with van der Waals surface area (Å²) >= 11 is 0. The summed E-state index contributed by atoms with van der Waals surface area (Å²) in [5.74, 6) is 1.14. The predicted molar refractivity (Wildman–Crippen MR) is 78.3 cm³/mol. The van der Waals surface area contributed by atoms with Crippen molar-refractivity contribution < 1.29 is 0 Å². The van der Waals surface area contributed by atoms with Crippen LogP contribution in [0.2, 0.25) is 0 Å². The molecule has 1 fully saturated rings. The van der Waals surface area contributed by atoms with Gasteiger partial charge in [0.15, 0.2) is 5.82 Å². The highest BCUT2D eigenvalue weighted by molar-refractivity contribution is 5.66. The second-order valence-electron chi connectivity index (χ2n) is 5.26. The molecule has 1 aromatic heterocycles. The largest absolute Gasteiger partial charge is 0.380 e. The number of aromatic nitrogens is 1. The molecule has 0 aliphatic carbocycles. The third kappa shape index (κ3) is 3.37. The van der Waals surface area contributed by atoms with E-state index in [-0.39, 0.29) is 0 Å². The Bertz CT molecular complexity index is 359. The summed E-state index contributed by atoms with van der Waals surface area (Å²) in [6.45, 7) is 6.80. The molecule has 1 saturated heterocycles. The van der Waals surface area contributed by atoms with E-state index in [1.54, 1.807) is 0 Å². The highest BCUT2D eigenvalue weighted by Gasteiger charge is 2.17. The molecular formula is C15H25N3. The van der Waals surface area contributed by atoms with Crippen molar-refractivity contribution in [2.24, 2.45) is 0 Å². The predicted octanol–water partition coefficient (Wildman–Crippen LogP) is 3.67. The summed E-state index contributed by atoms with van der Waals surface area (Å²) < 4.78 is 0. The fourth-order valence-corrected chi connectivity index (χ4v) is 2.54.